The van der Waals surface area contributed by atoms with Crippen molar-refractivity contribution >= 4 is 28.6 Å². The van der Waals surface area contributed by atoms with E-state index < -0.39 is 11.5 Å². The van der Waals surface area contributed by atoms with E-state index in [1.807, 2.05) is 42.8 Å². The summed E-state index contributed by atoms with van der Waals surface area (Å²) in [4.78, 5) is 21.1. The van der Waals surface area contributed by atoms with Crippen LogP contribution < -0.4 is 10.4 Å². The number of imidazole rings is 1. The molecular formula is C24H22FN5O2. The number of allylic oxidation sites excluding steroid dienone is 1. The van der Waals surface area contributed by atoms with Crippen molar-refractivity contribution in [1.82, 2.24) is 14.5 Å². The van der Waals surface area contributed by atoms with Crippen molar-refractivity contribution in [2.24, 2.45) is 0 Å². The van der Waals surface area contributed by atoms with Gasteiger partial charge < -0.3 is 14.6 Å². The second-order valence-electron chi connectivity index (χ2n) is 8.17. The number of pyridine rings is 1. The maximum absolute atomic E-state index is 14.4. The number of carbonyl (C=O) groups excluding carboxylic acids is 1. The fourth-order valence-corrected chi connectivity index (χ4v) is 4.03. The number of fused-ring (bicyclic) bond motifs is 1. The van der Waals surface area contributed by atoms with Crippen LogP contribution in [0.1, 0.15) is 25.0 Å². The topological polar surface area (TPSA) is 72.3 Å². The van der Waals surface area contributed by atoms with E-state index >= 15 is 0 Å². The maximum Gasteiger partial charge on any atom is 0.290 e. The first-order chi connectivity index (χ1) is 15.4. The minimum atomic E-state index is -0.718. The SMILES string of the molecule is CC1(C)OC(=C2C(=O)N(F)c3ccccc32)C=C1c1ccc(NCCn2ccnc2)nc1. The van der Waals surface area contributed by atoms with Crippen LogP contribution in [0.2, 0.25) is 0 Å². The molecular weight excluding hydrogens is 409 g/mol. The molecule has 0 unspecified atom stereocenters. The molecule has 1 N–H and O–H groups in total. The van der Waals surface area contributed by atoms with Gasteiger partial charge in [0.1, 0.15) is 17.2 Å². The third-order valence-electron chi connectivity index (χ3n) is 5.62. The summed E-state index contributed by atoms with van der Waals surface area (Å²) in [6, 6.07) is 10.6. The predicted molar refractivity (Wildman–Crippen MR) is 120 cm³/mol. The van der Waals surface area contributed by atoms with Crippen LogP contribution in [0.4, 0.5) is 16.0 Å². The average Bonchev–Trinajstić information content (AvgIpc) is 3.47. The second-order valence-corrected chi connectivity index (χ2v) is 8.17. The zero-order valence-corrected chi connectivity index (χ0v) is 17.7. The lowest BCUT2D eigenvalue weighted by Gasteiger charge is -2.23. The zero-order chi connectivity index (χ0) is 22.3. The molecule has 162 valence electrons. The Morgan fingerprint density at radius 2 is 2.03 bits per heavy atom. The molecule has 2 aliphatic heterocycles. The summed E-state index contributed by atoms with van der Waals surface area (Å²) in [5.74, 6) is 0.410. The third-order valence-corrected chi connectivity index (χ3v) is 5.62. The fourth-order valence-electron chi connectivity index (χ4n) is 4.03. The molecule has 0 saturated carbocycles. The molecule has 3 aromatic rings. The van der Waals surface area contributed by atoms with E-state index in [1.165, 1.54) is 0 Å². The molecule has 0 aliphatic carbocycles. The van der Waals surface area contributed by atoms with Crippen molar-refractivity contribution < 1.29 is 14.0 Å². The first-order valence-electron chi connectivity index (χ1n) is 10.4. The van der Waals surface area contributed by atoms with Gasteiger partial charge in [-0.1, -0.05) is 22.7 Å². The maximum atomic E-state index is 14.4. The summed E-state index contributed by atoms with van der Waals surface area (Å²) in [6.07, 6.45) is 9.02. The molecule has 2 aliphatic rings. The Bertz CT molecular complexity index is 1230. The first kappa shape index (κ1) is 20.0. The van der Waals surface area contributed by atoms with E-state index in [0.717, 1.165) is 30.0 Å². The number of benzene rings is 1. The highest BCUT2D eigenvalue weighted by atomic mass is 19.2. The van der Waals surface area contributed by atoms with Crippen LogP contribution in [0, 0.1) is 0 Å². The van der Waals surface area contributed by atoms with Crippen molar-refractivity contribution in [3.05, 3.63) is 84.3 Å². The van der Waals surface area contributed by atoms with Gasteiger partial charge in [0.05, 0.1) is 17.6 Å². The van der Waals surface area contributed by atoms with Gasteiger partial charge in [0.2, 0.25) is 0 Å². The molecule has 8 heteroatoms. The number of ether oxygens (including phenoxy) is 1. The molecule has 2 aromatic heterocycles. The Balaban J connectivity index is 1.40. The lowest BCUT2D eigenvalue weighted by Crippen LogP contribution is -2.22. The van der Waals surface area contributed by atoms with Gasteiger partial charge in [0.15, 0.2) is 0 Å². The van der Waals surface area contributed by atoms with E-state index in [2.05, 4.69) is 15.3 Å². The molecule has 1 aromatic carbocycles. The molecule has 0 bridgehead atoms. The van der Waals surface area contributed by atoms with Crippen LogP contribution in [0.5, 0.6) is 0 Å². The number of halogens is 1. The van der Waals surface area contributed by atoms with Crippen LogP contribution in [0.15, 0.2) is 73.2 Å². The number of para-hydroxylation sites is 1. The van der Waals surface area contributed by atoms with Crippen molar-refractivity contribution in [2.45, 2.75) is 26.0 Å². The Morgan fingerprint density at radius 1 is 1.19 bits per heavy atom. The molecule has 32 heavy (non-hydrogen) atoms. The molecule has 4 heterocycles. The van der Waals surface area contributed by atoms with Gasteiger partial charge in [-0.3, -0.25) is 4.79 Å². The smallest absolute Gasteiger partial charge is 0.290 e. The van der Waals surface area contributed by atoms with Gasteiger partial charge in [-0.25, -0.2) is 9.97 Å². The number of carbonyl (C=O) groups is 1. The quantitative estimate of drug-likeness (QED) is 0.484. The van der Waals surface area contributed by atoms with Crippen LogP contribution in [-0.4, -0.2) is 32.6 Å². The van der Waals surface area contributed by atoms with E-state index in [9.17, 15) is 9.28 Å². The van der Waals surface area contributed by atoms with Crippen molar-refractivity contribution in [3.8, 4) is 0 Å². The van der Waals surface area contributed by atoms with Crippen molar-refractivity contribution in [1.29, 1.82) is 0 Å². The van der Waals surface area contributed by atoms with Gasteiger partial charge >= 0.3 is 0 Å². The number of amides is 1. The van der Waals surface area contributed by atoms with E-state index in [4.69, 9.17) is 4.74 Å². The number of hydrogen-bond donors (Lipinski definition) is 1. The molecule has 0 radical (unpaired) electrons. The monoisotopic (exact) mass is 431 g/mol. The van der Waals surface area contributed by atoms with E-state index in [-0.39, 0.29) is 16.4 Å². The summed E-state index contributed by atoms with van der Waals surface area (Å²) in [5.41, 5.74) is 2.05. The average molecular weight is 431 g/mol. The summed E-state index contributed by atoms with van der Waals surface area (Å²) < 4.78 is 22.5. The van der Waals surface area contributed by atoms with Crippen LogP contribution >= 0.6 is 0 Å². The minimum absolute atomic E-state index is 0.172. The summed E-state index contributed by atoms with van der Waals surface area (Å²) in [6.45, 7) is 5.34. The van der Waals surface area contributed by atoms with Gasteiger partial charge in [0.25, 0.3) is 5.91 Å². The van der Waals surface area contributed by atoms with Gasteiger partial charge in [-0.15, -0.1) is 5.12 Å². The molecule has 0 spiro atoms. The Labute approximate surface area is 184 Å². The normalized spacial score (nSPS) is 19.0. The largest absolute Gasteiger partial charge is 0.482 e. The van der Waals surface area contributed by atoms with E-state index in [0.29, 0.717) is 11.3 Å². The van der Waals surface area contributed by atoms with Crippen LogP contribution in [0.25, 0.3) is 11.1 Å². The lowest BCUT2D eigenvalue weighted by atomic mass is 9.93. The van der Waals surface area contributed by atoms with E-state index in [1.54, 1.807) is 43.0 Å². The number of nitrogens with zero attached hydrogens (tertiary/aromatic N) is 4. The number of nitrogens with one attached hydrogen (secondary N) is 1. The van der Waals surface area contributed by atoms with Gasteiger partial charge in [-0.05, 0) is 38.1 Å². The Kier molecular flexibility index (Phi) is 4.77. The third kappa shape index (κ3) is 3.43. The predicted octanol–water partition coefficient (Wildman–Crippen LogP) is 4.22. The van der Waals surface area contributed by atoms with Gasteiger partial charge in [-0.2, -0.15) is 0 Å². The summed E-state index contributed by atoms with van der Waals surface area (Å²) >= 11 is 0. The van der Waals surface area contributed by atoms with Crippen molar-refractivity contribution in [3.63, 3.8) is 0 Å². The minimum Gasteiger partial charge on any atom is -0.482 e. The second kappa shape index (κ2) is 7.64. The lowest BCUT2D eigenvalue weighted by molar-refractivity contribution is -0.115. The number of aromatic nitrogens is 3. The number of hydrogen-bond acceptors (Lipinski definition) is 5. The highest BCUT2D eigenvalue weighted by molar-refractivity contribution is 6.32. The summed E-state index contributed by atoms with van der Waals surface area (Å²) in [7, 11) is 0. The van der Waals surface area contributed by atoms with Crippen LogP contribution in [0.3, 0.4) is 0 Å². The zero-order valence-electron chi connectivity index (χ0n) is 17.7. The van der Waals surface area contributed by atoms with Gasteiger partial charge in [0, 0.05) is 48.4 Å². The molecule has 1 amide bonds. The Morgan fingerprint density at radius 3 is 2.78 bits per heavy atom. The highest BCUT2D eigenvalue weighted by Gasteiger charge is 2.41. The van der Waals surface area contributed by atoms with Crippen molar-refractivity contribution in [2.75, 3.05) is 17.0 Å². The number of anilines is 2. The number of rotatable bonds is 5. The molecule has 0 saturated heterocycles. The molecule has 7 nitrogen and oxygen atoms in total. The summed E-state index contributed by atoms with van der Waals surface area (Å²) in [5, 5.41) is 3.46. The molecule has 0 fully saturated rings. The first-order valence-corrected chi connectivity index (χ1v) is 10.4. The highest BCUT2D eigenvalue weighted by Crippen LogP contribution is 2.45. The Hall–Kier alpha value is -3.94. The standard InChI is InChI=1S/C24H22FN5O2/c1-24(2)18(16-7-8-21(28-14-16)27-10-12-29-11-9-26-15-29)13-20(32-24)22-17-5-3-4-6-19(17)30(25)23(22)31/h3-9,11,13-15H,10,12H2,1-2H3,(H,27,28). The fraction of sp³-hybridized carbons (Fsp3) is 0.208. The molecule has 5 rings (SSSR count). The molecule has 0 atom stereocenters. The van der Waals surface area contributed by atoms with Crippen LogP contribution in [-0.2, 0) is 16.1 Å².